The number of rotatable bonds is 6. The van der Waals surface area contributed by atoms with E-state index in [1.165, 1.54) is 10.6 Å². The van der Waals surface area contributed by atoms with Crippen LogP contribution < -0.4 is 10.9 Å². The van der Waals surface area contributed by atoms with E-state index in [1.54, 1.807) is 29.2 Å². The van der Waals surface area contributed by atoms with Gasteiger partial charge in [-0.2, -0.15) is 9.40 Å². The van der Waals surface area contributed by atoms with Crippen molar-refractivity contribution in [3.05, 3.63) is 47.0 Å². The fraction of sp³-hybridized carbons (Fsp3) is 0.571. The zero-order valence-corrected chi connectivity index (χ0v) is 18.5. The van der Waals surface area contributed by atoms with Crippen LogP contribution in [0, 0.1) is 0 Å². The summed E-state index contributed by atoms with van der Waals surface area (Å²) in [5.41, 5.74) is 0.466. The lowest BCUT2D eigenvalue weighted by atomic mass is 9.90. The molecule has 0 aromatic carbocycles. The Morgan fingerprint density at radius 1 is 1.23 bits per heavy atom. The largest absolute Gasteiger partial charge is 0.387 e. The molecule has 31 heavy (non-hydrogen) atoms. The van der Waals surface area contributed by atoms with Gasteiger partial charge in [0.1, 0.15) is 0 Å². The van der Waals surface area contributed by atoms with Crippen molar-refractivity contribution < 1.29 is 13.5 Å². The van der Waals surface area contributed by atoms with Crippen molar-refractivity contribution in [2.75, 3.05) is 25.9 Å². The van der Waals surface area contributed by atoms with E-state index in [2.05, 4.69) is 15.4 Å². The maximum atomic E-state index is 12.4. The molecule has 3 heterocycles. The Kier molecular flexibility index (Phi) is 6.25. The SMILES string of the molecule is CS(=O)(=O)N1CCC(O)(CNC2CCC(n3nc(-c4cccnc4)ccc3=O)CC2)C1. The topological polar surface area (TPSA) is 117 Å². The number of aromatic nitrogens is 3. The molecule has 9 nitrogen and oxygen atoms in total. The van der Waals surface area contributed by atoms with Crippen LogP contribution in [0.15, 0.2) is 41.5 Å². The minimum absolute atomic E-state index is 0.0393. The lowest BCUT2D eigenvalue weighted by Crippen LogP contribution is -2.47. The predicted molar refractivity (Wildman–Crippen MR) is 117 cm³/mol. The van der Waals surface area contributed by atoms with Gasteiger partial charge in [0.2, 0.25) is 10.0 Å². The van der Waals surface area contributed by atoms with Gasteiger partial charge < -0.3 is 10.4 Å². The number of pyridine rings is 1. The highest BCUT2D eigenvalue weighted by Gasteiger charge is 2.40. The highest BCUT2D eigenvalue weighted by Crippen LogP contribution is 2.29. The Morgan fingerprint density at radius 2 is 2.00 bits per heavy atom. The smallest absolute Gasteiger partial charge is 0.267 e. The van der Waals surface area contributed by atoms with E-state index in [9.17, 15) is 18.3 Å². The molecule has 1 aliphatic heterocycles. The first-order valence-electron chi connectivity index (χ1n) is 10.6. The van der Waals surface area contributed by atoms with E-state index >= 15 is 0 Å². The fourth-order valence-electron chi connectivity index (χ4n) is 4.46. The van der Waals surface area contributed by atoms with Crippen LogP contribution in [0.2, 0.25) is 0 Å². The molecule has 4 rings (SSSR count). The molecule has 2 N–H and O–H groups in total. The van der Waals surface area contributed by atoms with E-state index in [-0.39, 0.29) is 24.2 Å². The molecule has 168 valence electrons. The molecule has 1 aliphatic carbocycles. The Balaban J connectivity index is 1.34. The summed E-state index contributed by atoms with van der Waals surface area (Å²) in [5, 5.41) is 18.7. The van der Waals surface area contributed by atoms with Crippen LogP contribution in [0.4, 0.5) is 0 Å². The zero-order valence-electron chi connectivity index (χ0n) is 17.6. The first kappa shape index (κ1) is 22.1. The second-order valence-corrected chi connectivity index (χ2v) is 10.7. The zero-order chi connectivity index (χ0) is 22.1. The molecule has 0 spiro atoms. The molecule has 10 heteroatoms. The van der Waals surface area contributed by atoms with Crippen LogP contribution in [0.3, 0.4) is 0 Å². The van der Waals surface area contributed by atoms with E-state index in [4.69, 9.17) is 0 Å². The highest BCUT2D eigenvalue weighted by molar-refractivity contribution is 7.88. The summed E-state index contributed by atoms with van der Waals surface area (Å²) in [7, 11) is -3.28. The first-order chi connectivity index (χ1) is 14.7. The Morgan fingerprint density at radius 3 is 2.65 bits per heavy atom. The summed E-state index contributed by atoms with van der Waals surface area (Å²) < 4.78 is 26.3. The molecule has 2 fully saturated rings. The number of nitrogens with one attached hydrogen (secondary N) is 1. The van der Waals surface area contributed by atoms with Crippen molar-refractivity contribution >= 4 is 10.0 Å². The molecule has 2 aromatic rings. The molecular formula is C21H29N5O4S. The highest BCUT2D eigenvalue weighted by atomic mass is 32.2. The van der Waals surface area contributed by atoms with Crippen LogP contribution >= 0.6 is 0 Å². The van der Waals surface area contributed by atoms with Gasteiger partial charge in [0.15, 0.2) is 0 Å². The van der Waals surface area contributed by atoms with Gasteiger partial charge in [-0.15, -0.1) is 0 Å². The van der Waals surface area contributed by atoms with Crippen LogP contribution in [0.1, 0.15) is 38.1 Å². The third kappa shape index (κ3) is 5.20. The number of hydrogen-bond donors (Lipinski definition) is 2. The van der Waals surface area contributed by atoms with Crippen molar-refractivity contribution in [3.8, 4) is 11.3 Å². The average molecular weight is 448 g/mol. The number of nitrogens with zero attached hydrogens (tertiary/aromatic N) is 4. The molecule has 0 radical (unpaired) electrons. The Labute approximate surface area is 182 Å². The first-order valence-corrected chi connectivity index (χ1v) is 12.5. The number of β-amino-alcohol motifs (C(OH)–C–C–N with tert-alkyl or cyclic N) is 1. The summed E-state index contributed by atoms with van der Waals surface area (Å²) in [5.74, 6) is 0. The maximum absolute atomic E-state index is 12.4. The summed E-state index contributed by atoms with van der Waals surface area (Å²) in [6, 6.07) is 7.32. The predicted octanol–water partition coefficient (Wildman–Crippen LogP) is 0.775. The van der Waals surface area contributed by atoms with Gasteiger partial charge in [-0.1, -0.05) is 0 Å². The van der Waals surface area contributed by atoms with E-state index in [0.29, 0.717) is 19.5 Å². The molecule has 1 saturated carbocycles. The quantitative estimate of drug-likeness (QED) is 0.672. The number of aliphatic hydroxyl groups is 1. The molecule has 0 amide bonds. The van der Waals surface area contributed by atoms with Crippen molar-refractivity contribution in [2.24, 2.45) is 0 Å². The van der Waals surface area contributed by atoms with Gasteiger partial charge in [-0.25, -0.2) is 13.1 Å². The van der Waals surface area contributed by atoms with Crippen molar-refractivity contribution in [1.29, 1.82) is 0 Å². The van der Waals surface area contributed by atoms with Crippen molar-refractivity contribution in [2.45, 2.75) is 49.8 Å². The van der Waals surface area contributed by atoms with Crippen molar-refractivity contribution in [1.82, 2.24) is 24.4 Å². The van der Waals surface area contributed by atoms with Gasteiger partial charge in [0.25, 0.3) is 5.56 Å². The minimum Gasteiger partial charge on any atom is -0.387 e. The second kappa shape index (κ2) is 8.78. The molecule has 2 aliphatic rings. The van der Waals surface area contributed by atoms with Crippen LogP contribution in [-0.4, -0.2) is 70.1 Å². The molecule has 1 saturated heterocycles. The molecule has 1 unspecified atom stereocenters. The van der Waals surface area contributed by atoms with E-state index in [1.807, 2.05) is 12.1 Å². The Bertz CT molecular complexity index is 1070. The summed E-state index contributed by atoms with van der Waals surface area (Å²) in [4.78, 5) is 16.5. The van der Waals surface area contributed by atoms with Gasteiger partial charge in [0, 0.05) is 49.7 Å². The molecule has 2 aromatic heterocycles. The monoisotopic (exact) mass is 447 g/mol. The van der Waals surface area contributed by atoms with Gasteiger partial charge >= 0.3 is 0 Å². The number of hydrogen-bond acceptors (Lipinski definition) is 7. The van der Waals surface area contributed by atoms with Crippen LogP contribution in [-0.2, 0) is 10.0 Å². The van der Waals surface area contributed by atoms with Crippen molar-refractivity contribution in [3.63, 3.8) is 0 Å². The van der Waals surface area contributed by atoms with Gasteiger partial charge in [-0.3, -0.25) is 9.78 Å². The normalized spacial score (nSPS) is 27.4. The summed E-state index contributed by atoms with van der Waals surface area (Å²) in [6.45, 7) is 0.850. The maximum Gasteiger partial charge on any atom is 0.267 e. The van der Waals surface area contributed by atoms with Crippen LogP contribution in [0.25, 0.3) is 11.3 Å². The van der Waals surface area contributed by atoms with E-state index < -0.39 is 15.6 Å². The van der Waals surface area contributed by atoms with Gasteiger partial charge in [-0.05, 0) is 50.3 Å². The van der Waals surface area contributed by atoms with E-state index in [0.717, 1.165) is 36.9 Å². The molecular weight excluding hydrogens is 418 g/mol. The second-order valence-electron chi connectivity index (χ2n) is 8.70. The lowest BCUT2D eigenvalue weighted by Gasteiger charge is -2.32. The van der Waals surface area contributed by atoms with Gasteiger partial charge in [0.05, 0.1) is 23.6 Å². The third-order valence-corrected chi connectivity index (χ3v) is 7.56. The third-order valence-electron chi connectivity index (χ3n) is 6.31. The Hall–Kier alpha value is -2.14. The lowest BCUT2D eigenvalue weighted by molar-refractivity contribution is 0.0505. The van der Waals surface area contributed by atoms with Crippen LogP contribution in [0.5, 0.6) is 0 Å². The molecule has 0 bridgehead atoms. The molecule has 1 atom stereocenters. The minimum atomic E-state index is -3.28. The standard InChI is InChI=1S/C21H29N5O4S/c1-31(29,30)25-12-10-21(28,15-25)14-23-17-4-6-18(7-5-17)26-20(27)9-8-19(24-26)16-3-2-11-22-13-16/h2-3,8-9,11,13,17-18,23,28H,4-7,10,12,14-15H2,1H3. The fourth-order valence-corrected chi connectivity index (χ4v) is 5.36. The summed E-state index contributed by atoms with van der Waals surface area (Å²) >= 11 is 0. The summed E-state index contributed by atoms with van der Waals surface area (Å²) in [6.07, 6.45) is 8.40. The number of sulfonamides is 1. The average Bonchev–Trinajstić information content (AvgIpc) is 3.17.